The van der Waals surface area contributed by atoms with E-state index in [2.05, 4.69) is 14.9 Å². The number of rotatable bonds is 5. The Morgan fingerprint density at radius 3 is 2.71 bits per heavy atom. The van der Waals surface area contributed by atoms with Gasteiger partial charge in [-0.05, 0) is 18.5 Å². The average Bonchev–Trinajstić information content (AvgIpc) is 2.97. The lowest BCUT2D eigenvalue weighted by atomic mass is 10.2. The summed E-state index contributed by atoms with van der Waals surface area (Å²) in [5.41, 5.74) is 0.568. The number of carbonyl (C=O) groups is 1. The Labute approximate surface area is 123 Å². The second kappa shape index (κ2) is 5.88. The SMILES string of the molecule is CCOC(=O)C(Cl)(c1nc(-c2ccccc2)no1)[N+](=O)[O-]. The molecule has 2 rings (SSSR count). The van der Waals surface area contributed by atoms with E-state index in [1.54, 1.807) is 30.3 Å². The summed E-state index contributed by atoms with van der Waals surface area (Å²) in [7, 11) is 0. The Morgan fingerprint density at radius 2 is 2.14 bits per heavy atom. The molecule has 0 spiro atoms. The fourth-order valence-electron chi connectivity index (χ4n) is 1.53. The minimum absolute atomic E-state index is 0.0686. The first-order valence-electron chi connectivity index (χ1n) is 5.90. The van der Waals surface area contributed by atoms with Gasteiger partial charge in [0.25, 0.3) is 0 Å². The van der Waals surface area contributed by atoms with Crippen LogP contribution in [0.25, 0.3) is 11.4 Å². The first-order chi connectivity index (χ1) is 10.00. The first-order valence-corrected chi connectivity index (χ1v) is 6.28. The summed E-state index contributed by atoms with van der Waals surface area (Å²) in [4.78, 5) is 22.9. The van der Waals surface area contributed by atoms with E-state index in [-0.39, 0.29) is 12.4 Å². The van der Waals surface area contributed by atoms with Gasteiger partial charge in [0.1, 0.15) is 0 Å². The second-order valence-electron chi connectivity index (χ2n) is 3.89. The number of hydrogen-bond acceptors (Lipinski definition) is 7. The highest BCUT2D eigenvalue weighted by molar-refractivity contribution is 6.31. The van der Waals surface area contributed by atoms with Gasteiger partial charge in [-0.1, -0.05) is 35.5 Å². The van der Waals surface area contributed by atoms with E-state index in [0.717, 1.165) is 0 Å². The third kappa shape index (κ3) is 2.70. The van der Waals surface area contributed by atoms with Crippen LogP contribution < -0.4 is 0 Å². The third-order valence-corrected chi connectivity index (χ3v) is 2.99. The lowest BCUT2D eigenvalue weighted by Gasteiger charge is -2.11. The molecule has 0 bridgehead atoms. The number of aromatic nitrogens is 2. The Balaban J connectivity index is 2.42. The number of halogens is 1. The molecule has 21 heavy (non-hydrogen) atoms. The number of esters is 1. The van der Waals surface area contributed by atoms with Crippen LogP contribution in [0.2, 0.25) is 0 Å². The van der Waals surface area contributed by atoms with Crippen molar-refractivity contribution in [1.82, 2.24) is 10.1 Å². The molecule has 1 atom stereocenters. The number of carbonyl (C=O) groups excluding carboxylic acids is 1. The molecular weight excluding hydrogens is 302 g/mol. The summed E-state index contributed by atoms with van der Waals surface area (Å²) in [5.74, 6) is -1.84. The molecule has 0 aliphatic heterocycles. The standard InChI is InChI=1S/C12H10ClN3O5/c1-2-20-11(17)12(13,16(18)19)10-14-9(15-21-10)8-6-4-3-5-7-8/h3-7H,2H2,1H3. The molecule has 0 aliphatic rings. The minimum atomic E-state index is -2.75. The molecule has 1 aromatic heterocycles. The van der Waals surface area contributed by atoms with Gasteiger partial charge in [0.15, 0.2) is 0 Å². The van der Waals surface area contributed by atoms with Crippen LogP contribution in [0.5, 0.6) is 0 Å². The highest BCUT2D eigenvalue weighted by atomic mass is 35.5. The van der Waals surface area contributed by atoms with Gasteiger partial charge in [-0.25, -0.2) is 4.79 Å². The van der Waals surface area contributed by atoms with Crippen molar-refractivity contribution in [2.24, 2.45) is 0 Å². The molecule has 0 saturated carbocycles. The van der Waals surface area contributed by atoms with Gasteiger partial charge in [0, 0.05) is 5.56 Å². The summed E-state index contributed by atoms with van der Waals surface area (Å²) in [6.07, 6.45) is 0. The maximum Gasteiger partial charge on any atom is 0.467 e. The molecule has 2 aromatic rings. The molecule has 9 heteroatoms. The number of alkyl halides is 1. The van der Waals surface area contributed by atoms with Crippen LogP contribution in [-0.4, -0.2) is 27.6 Å². The monoisotopic (exact) mass is 311 g/mol. The van der Waals surface area contributed by atoms with Crippen LogP contribution in [0.1, 0.15) is 12.8 Å². The Bertz CT molecular complexity index is 660. The van der Waals surface area contributed by atoms with Crippen molar-refractivity contribution in [3.05, 3.63) is 46.3 Å². The van der Waals surface area contributed by atoms with Crippen LogP contribution in [0.15, 0.2) is 34.9 Å². The number of benzene rings is 1. The first kappa shape index (κ1) is 14.9. The van der Waals surface area contributed by atoms with Crippen LogP contribution in [0, 0.1) is 10.1 Å². The minimum Gasteiger partial charge on any atom is -0.459 e. The quantitative estimate of drug-likeness (QED) is 0.273. The molecule has 1 heterocycles. The van der Waals surface area contributed by atoms with E-state index in [1.165, 1.54) is 6.92 Å². The van der Waals surface area contributed by atoms with Crippen LogP contribution in [0.3, 0.4) is 0 Å². The van der Waals surface area contributed by atoms with E-state index in [4.69, 9.17) is 16.1 Å². The zero-order chi connectivity index (χ0) is 15.5. The van der Waals surface area contributed by atoms with Crippen molar-refractivity contribution in [1.29, 1.82) is 0 Å². The summed E-state index contributed by atoms with van der Waals surface area (Å²) in [6.45, 7) is 1.43. The van der Waals surface area contributed by atoms with Gasteiger partial charge in [0.05, 0.1) is 11.5 Å². The van der Waals surface area contributed by atoms with Crippen LogP contribution >= 0.6 is 11.6 Å². The largest absolute Gasteiger partial charge is 0.467 e. The molecule has 110 valence electrons. The van der Waals surface area contributed by atoms with Gasteiger partial charge in [-0.15, -0.1) is 0 Å². The predicted molar refractivity (Wildman–Crippen MR) is 70.9 cm³/mol. The van der Waals surface area contributed by atoms with Gasteiger partial charge in [-0.3, -0.25) is 10.1 Å². The summed E-state index contributed by atoms with van der Waals surface area (Å²) < 4.78 is 9.37. The van der Waals surface area contributed by atoms with Crippen LogP contribution in [-0.2, 0) is 14.5 Å². The molecule has 1 unspecified atom stereocenters. The maximum absolute atomic E-state index is 11.7. The molecular formula is C12H10ClN3O5. The number of nitro groups is 1. The fraction of sp³-hybridized carbons (Fsp3) is 0.250. The molecule has 8 nitrogen and oxygen atoms in total. The molecule has 1 aromatic carbocycles. The van der Waals surface area contributed by atoms with E-state index in [9.17, 15) is 14.9 Å². The van der Waals surface area contributed by atoms with Crippen molar-refractivity contribution in [3.63, 3.8) is 0 Å². The van der Waals surface area contributed by atoms with Crippen molar-refractivity contribution in [3.8, 4) is 11.4 Å². The van der Waals surface area contributed by atoms with Crippen molar-refractivity contribution >= 4 is 17.6 Å². The Kier molecular flexibility index (Phi) is 4.18. The molecule has 0 N–H and O–H groups in total. The predicted octanol–water partition coefficient (Wildman–Crippen LogP) is 1.97. The molecule has 0 saturated heterocycles. The van der Waals surface area contributed by atoms with Crippen molar-refractivity contribution in [2.75, 3.05) is 6.61 Å². The Morgan fingerprint density at radius 1 is 1.48 bits per heavy atom. The number of nitrogens with zero attached hydrogens (tertiary/aromatic N) is 3. The normalized spacial score (nSPS) is 13.4. The van der Waals surface area contributed by atoms with Crippen molar-refractivity contribution in [2.45, 2.75) is 11.9 Å². The van der Waals surface area contributed by atoms with Gasteiger partial charge in [0.2, 0.25) is 5.82 Å². The smallest absolute Gasteiger partial charge is 0.459 e. The lowest BCUT2D eigenvalue weighted by Crippen LogP contribution is -2.40. The zero-order valence-electron chi connectivity index (χ0n) is 10.9. The second-order valence-corrected chi connectivity index (χ2v) is 4.44. The average molecular weight is 312 g/mol. The van der Waals surface area contributed by atoms with Gasteiger partial charge in [-0.2, -0.15) is 4.98 Å². The highest BCUT2D eigenvalue weighted by Gasteiger charge is 2.58. The summed E-state index contributed by atoms with van der Waals surface area (Å²) in [6, 6.07) is 8.62. The summed E-state index contributed by atoms with van der Waals surface area (Å²) >= 11 is 5.76. The molecule has 0 amide bonds. The lowest BCUT2D eigenvalue weighted by molar-refractivity contribution is -0.540. The van der Waals surface area contributed by atoms with E-state index < -0.39 is 21.8 Å². The zero-order valence-corrected chi connectivity index (χ0v) is 11.6. The van der Waals surface area contributed by atoms with E-state index >= 15 is 0 Å². The topological polar surface area (TPSA) is 108 Å². The molecule has 0 fully saturated rings. The molecule has 0 aliphatic carbocycles. The van der Waals surface area contributed by atoms with Crippen molar-refractivity contribution < 1.29 is 19.0 Å². The number of hydrogen-bond donors (Lipinski definition) is 0. The fourth-order valence-corrected chi connectivity index (χ4v) is 1.66. The maximum atomic E-state index is 11.7. The van der Waals surface area contributed by atoms with Crippen LogP contribution in [0.4, 0.5) is 0 Å². The highest BCUT2D eigenvalue weighted by Crippen LogP contribution is 2.31. The molecule has 0 radical (unpaired) electrons. The van der Waals surface area contributed by atoms with Gasteiger partial charge < -0.3 is 9.26 Å². The number of ether oxygens (including phenoxy) is 1. The van der Waals surface area contributed by atoms with E-state index in [1.807, 2.05) is 0 Å². The Hall–Kier alpha value is -2.48. The van der Waals surface area contributed by atoms with Gasteiger partial charge >= 0.3 is 16.9 Å². The third-order valence-electron chi connectivity index (χ3n) is 2.54. The van der Waals surface area contributed by atoms with E-state index in [0.29, 0.717) is 5.56 Å². The summed E-state index contributed by atoms with van der Waals surface area (Å²) in [5, 5.41) is 14.7.